The average Bonchev–Trinajstić information content (AvgIpc) is 2.95. The molecule has 1 fully saturated rings. The predicted octanol–water partition coefficient (Wildman–Crippen LogP) is 1.79. The van der Waals surface area contributed by atoms with Crippen LogP contribution in [-0.4, -0.2) is 33.7 Å². The van der Waals surface area contributed by atoms with Gasteiger partial charge >= 0.3 is 0 Å². The third-order valence-corrected chi connectivity index (χ3v) is 3.77. The van der Waals surface area contributed by atoms with Crippen LogP contribution in [0.2, 0.25) is 0 Å². The summed E-state index contributed by atoms with van der Waals surface area (Å²) < 4.78 is 7.53. The lowest BCUT2D eigenvalue weighted by molar-refractivity contribution is 0.0795. The van der Waals surface area contributed by atoms with Gasteiger partial charge in [-0.1, -0.05) is 6.92 Å². The molecule has 2 rings (SSSR count). The minimum Gasteiger partial charge on any atom is -0.392 e. The van der Waals surface area contributed by atoms with E-state index in [1.165, 1.54) is 0 Å². The van der Waals surface area contributed by atoms with Crippen molar-refractivity contribution in [1.29, 1.82) is 0 Å². The fourth-order valence-corrected chi connectivity index (χ4v) is 2.63. The lowest BCUT2D eigenvalue weighted by Gasteiger charge is -2.16. The Labute approximate surface area is 109 Å². The molecule has 3 unspecified atom stereocenters. The summed E-state index contributed by atoms with van der Waals surface area (Å²) >= 11 is 0. The summed E-state index contributed by atoms with van der Waals surface area (Å²) in [7, 11) is 0. The third-order valence-electron chi connectivity index (χ3n) is 3.77. The zero-order valence-electron chi connectivity index (χ0n) is 11.6. The molecule has 18 heavy (non-hydrogen) atoms. The molecule has 1 aliphatic rings. The second kappa shape index (κ2) is 5.85. The van der Waals surface area contributed by atoms with Gasteiger partial charge in [-0.3, -0.25) is 4.68 Å². The Bertz CT molecular complexity index is 389. The minimum absolute atomic E-state index is 0.269. The summed E-state index contributed by atoms with van der Waals surface area (Å²) in [5.41, 5.74) is 2.25. The van der Waals surface area contributed by atoms with E-state index in [2.05, 4.69) is 31.9 Å². The van der Waals surface area contributed by atoms with Gasteiger partial charge in [-0.05, 0) is 32.8 Å². The number of hydrogen-bond donors (Lipinski definition) is 1. The fraction of sp³-hybridized carbons (Fsp3) is 0.786. The molecule has 0 amide bonds. The van der Waals surface area contributed by atoms with E-state index in [9.17, 15) is 5.11 Å². The van der Waals surface area contributed by atoms with Gasteiger partial charge < -0.3 is 9.84 Å². The van der Waals surface area contributed by atoms with Crippen molar-refractivity contribution in [2.45, 2.75) is 58.8 Å². The quantitative estimate of drug-likeness (QED) is 0.869. The maximum absolute atomic E-state index is 10.3. The molecule has 4 heteroatoms. The highest BCUT2D eigenvalue weighted by Gasteiger charge is 2.29. The van der Waals surface area contributed by atoms with E-state index in [1.54, 1.807) is 0 Å². The van der Waals surface area contributed by atoms with Crippen LogP contribution in [0.25, 0.3) is 0 Å². The number of nitrogens with zero attached hydrogens (tertiary/aromatic N) is 2. The Morgan fingerprint density at radius 1 is 1.56 bits per heavy atom. The van der Waals surface area contributed by atoms with Gasteiger partial charge in [0, 0.05) is 24.6 Å². The third kappa shape index (κ3) is 2.93. The van der Waals surface area contributed by atoms with Crippen LogP contribution in [0.3, 0.4) is 0 Å². The van der Waals surface area contributed by atoms with E-state index >= 15 is 0 Å². The van der Waals surface area contributed by atoms with Crippen molar-refractivity contribution in [2.24, 2.45) is 5.92 Å². The number of ether oxygens (including phenoxy) is 1. The number of hydrogen-bond acceptors (Lipinski definition) is 3. The maximum atomic E-state index is 10.3. The van der Waals surface area contributed by atoms with Crippen LogP contribution in [0, 0.1) is 5.92 Å². The van der Waals surface area contributed by atoms with E-state index in [0.29, 0.717) is 13.0 Å². The van der Waals surface area contributed by atoms with Crippen molar-refractivity contribution in [3.8, 4) is 0 Å². The molecule has 0 aromatic carbocycles. The number of rotatable bonds is 5. The minimum atomic E-state index is -0.318. The van der Waals surface area contributed by atoms with Crippen LogP contribution in [0.15, 0.2) is 6.07 Å². The summed E-state index contributed by atoms with van der Waals surface area (Å²) in [6.07, 6.45) is 2.55. The van der Waals surface area contributed by atoms with Gasteiger partial charge in [0.1, 0.15) is 0 Å². The first-order valence-electron chi connectivity index (χ1n) is 6.99. The Morgan fingerprint density at radius 2 is 2.33 bits per heavy atom. The molecule has 3 atom stereocenters. The van der Waals surface area contributed by atoms with E-state index in [-0.39, 0.29) is 18.1 Å². The molecule has 102 valence electrons. The van der Waals surface area contributed by atoms with E-state index in [0.717, 1.165) is 30.8 Å². The smallest absolute Gasteiger partial charge is 0.0646 e. The standard InChI is InChI=1S/C14H24N2O2/c1-4-12-7-13(16(5-2)15-12)8-14(17)11-6-10(3)18-9-11/h7,10-11,14,17H,4-6,8-9H2,1-3H3. The Hall–Kier alpha value is -0.870. The summed E-state index contributed by atoms with van der Waals surface area (Å²) in [6, 6.07) is 2.12. The highest BCUT2D eigenvalue weighted by molar-refractivity contribution is 5.11. The van der Waals surface area contributed by atoms with E-state index in [4.69, 9.17) is 4.74 Å². The predicted molar refractivity (Wildman–Crippen MR) is 70.5 cm³/mol. The Morgan fingerprint density at radius 3 is 2.89 bits per heavy atom. The first-order chi connectivity index (χ1) is 8.63. The van der Waals surface area contributed by atoms with Crippen LogP contribution in [0.1, 0.15) is 38.6 Å². The molecule has 0 radical (unpaired) electrons. The van der Waals surface area contributed by atoms with Crippen molar-refractivity contribution < 1.29 is 9.84 Å². The van der Waals surface area contributed by atoms with E-state index in [1.807, 2.05) is 4.68 Å². The van der Waals surface area contributed by atoms with Gasteiger partial charge in [0.15, 0.2) is 0 Å². The number of aliphatic hydroxyl groups excluding tert-OH is 1. The lowest BCUT2D eigenvalue weighted by Crippen LogP contribution is -2.24. The van der Waals surface area contributed by atoms with Gasteiger partial charge in [-0.2, -0.15) is 5.10 Å². The zero-order chi connectivity index (χ0) is 13.1. The van der Waals surface area contributed by atoms with Crippen molar-refractivity contribution in [3.63, 3.8) is 0 Å². The molecule has 0 spiro atoms. The van der Waals surface area contributed by atoms with Crippen LogP contribution < -0.4 is 0 Å². The normalized spacial score (nSPS) is 25.6. The SMILES string of the molecule is CCc1cc(CC(O)C2COC(C)C2)n(CC)n1. The zero-order valence-corrected chi connectivity index (χ0v) is 11.6. The first kappa shape index (κ1) is 13.6. The first-order valence-corrected chi connectivity index (χ1v) is 6.99. The van der Waals surface area contributed by atoms with Crippen molar-refractivity contribution in [1.82, 2.24) is 9.78 Å². The molecule has 0 saturated carbocycles. The van der Waals surface area contributed by atoms with Crippen molar-refractivity contribution in [2.75, 3.05) is 6.61 Å². The second-order valence-electron chi connectivity index (χ2n) is 5.21. The molecule has 0 aliphatic carbocycles. The molecule has 4 nitrogen and oxygen atoms in total. The van der Waals surface area contributed by atoms with Gasteiger partial charge in [0.05, 0.1) is 24.5 Å². The summed E-state index contributed by atoms with van der Waals surface area (Å²) in [6.45, 7) is 7.80. The molecule has 0 bridgehead atoms. The highest BCUT2D eigenvalue weighted by atomic mass is 16.5. The molecular formula is C14H24N2O2. The van der Waals surface area contributed by atoms with E-state index < -0.39 is 0 Å². The summed E-state index contributed by atoms with van der Waals surface area (Å²) in [4.78, 5) is 0. The molecule has 1 aromatic rings. The topological polar surface area (TPSA) is 47.3 Å². The largest absolute Gasteiger partial charge is 0.392 e. The Balaban J connectivity index is 2.01. The van der Waals surface area contributed by atoms with Gasteiger partial charge in [0.2, 0.25) is 0 Å². The number of aryl methyl sites for hydroxylation is 2. The van der Waals surface area contributed by atoms with Gasteiger partial charge in [0.25, 0.3) is 0 Å². The van der Waals surface area contributed by atoms with Crippen LogP contribution >= 0.6 is 0 Å². The van der Waals surface area contributed by atoms with Crippen LogP contribution in [0.4, 0.5) is 0 Å². The summed E-state index contributed by atoms with van der Waals surface area (Å²) in [5, 5.41) is 14.8. The molecular weight excluding hydrogens is 228 g/mol. The summed E-state index contributed by atoms with van der Waals surface area (Å²) in [5.74, 6) is 0.269. The monoisotopic (exact) mass is 252 g/mol. The highest BCUT2D eigenvalue weighted by Crippen LogP contribution is 2.24. The molecule has 1 aliphatic heterocycles. The van der Waals surface area contributed by atoms with Crippen LogP contribution in [0.5, 0.6) is 0 Å². The number of aromatic nitrogens is 2. The second-order valence-corrected chi connectivity index (χ2v) is 5.21. The fourth-order valence-electron chi connectivity index (χ4n) is 2.63. The molecule has 1 N–H and O–H groups in total. The number of aliphatic hydroxyl groups is 1. The lowest BCUT2D eigenvalue weighted by atomic mass is 9.96. The average molecular weight is 252 g/mol. The van der Waals surface area contributed by atoms with Gasteiger partial charge in [-0.15, -0.1) is 0 Å². The molecule has 2 heterocycles. The molecule has 1 aromatic heterocycles. The molecule has 1 saturated heterocycles. The Kier molecular flexibility index (Phi) is 4.40. The maximum Gasteiger partial charge on any atom is 0.0646 e. The van der Waals surface area contributed by atoms with Crippen LogP contribution in [-0.2, 0) is 24.1 Å². The van der Waals surface area contributed by atoms with Crippen molar-refractivity contribution >= 4 is 0 Å². The van der Waals surface area contributed by atoms with Gasteiger partial charge in [-0.25, -0.2) is 0 Å². The van der Waals surface area contributed by atoms with Crippen molar-refractivity contribution in [3.05, 3.63) is 17.5 Å².